The van der Waals surface area contributed by atoms with Gasteiger partial charge in [-0.1, -0.05) is 31.0 Å². The average molecular weight is 292 g/mol. The summed E-state index contributed by atoms with van der Waals surface area (Å²) in [5.74, 6) is 0.527. The van der Waals surface area contributed by atoms with E-state index in [9.17, 15) is 9.90 Å². The number of aliphatic hydroxyl groups excluding tert-OH is 1. The second-order valence-electron chi connectivity index (χ2n) is 5.52. The highest BCUT2D eigenvalue weighted by molar-refractivity contribution is 5.78. The second-order valence-corrected chi connectivity index (χ2v) is 5.52. The quantitative estimate of drug-likeness (QED) is 0.857. The van der Waals surface area contributed by atoms with Crippen LogP contribution in [-0.4, -0.2) is 41.7 Å². The zero-order valence-corrected chi connectivity index (χ0v) is 12.5. The van der Waals surface area contributed by atoms with Crippen molar-refractivity contribution in [2.24, 2.45) is 5.73 Å². The normalized spacial score (nSPS) is 21.9. The smallest absolute Gasteiger partial charge is 0.260 e. The molecule has 1 fully saturated rings. The lowest BCUT2D eigenvalue weighted by molar-refractivity contribution is -0.137. The van der Waals surface area contributed by atoms with Gasteiger partial charge in [0.05, 0.1) is 12.1 Å². The Bertz CT molecular complexity index is 478. The van der Waals surface area contributed by atoms with Gasteiger partial charge in [0, 0.05) is 19.2 Å². The maximum absolute atomic E-state index is 12.2. The van der Waals surface area contributed by atoms with Gasteiger partial charge in [-0.3, -0.25) is 4.79 Å². The Morgan fingerprint density at radius 1 is 1.38 bits per heavy atom. The lowest BCUT2D eigenvalue weighted by Crippen LogP contribution is -2.47. The maximum Gasteiger partial charge on any atom is 0.260 e. The van der Waals surface area contributed by atoms with Crippen LogP contribution in [-0.2, 0) is 11.3 Å². The highest BCUT2D eigenvalue weighted by atomic mass is 16.5. The summed E-state index contributed by atoms with van der Waals surface area (Å²) in [5, 5.41) is 10.0. The SMILES string of the molecule is CN(C(=O)COc1ccccc1CN)C1CCCCC1O. The fourth-order valence-electron chi connectivity index (χ4n) is 2.78. The van der Waals surface area contributed by atoms with E-state index < -0.39 is 6.10 Å². The molecule has 116 valence electrons. The summed E-state index contributed by atoms with van der Waals surface area (Å²) in [5.41, 5.74) is 6.52. The third-order valence-electron chi connectivity index (χ3n) is 4.13. The number of para-hydroxylation sites is 1. The third-order valence-corrected chi connectivity index (χ3v) is 4.13. The first-order valence-corrected chi connectivity index (χ1v) is 7.48. The molecular formula is C16H24N2O3. The molecule has 1 saturated carbocycles. The van der Waals surface area contributed by atoms with Crippen molar-refractivity contribution in [3.05, 3.63) is 29.8 Å². The van der Waals surface area contributed by atoms with Crippen molar-refractivity contribution in [1.82, 2.24) is 4.90 Å². The molecule has 5 nitrogen and oxygen atoms in total. The fraction of sp³-hybridized carbons (Fsp3) is 0.562. The molecule has 0 radical (unpaired) electrons. The zero-order valence-electron chi connectivity index (χ0n) is 12.5. The summed E-state index contributed by atoms with van der Waals surface area (Å²) in [6.07, 6.45) is 3.27. The molecule has 0 aliphatic heterocycles. The molecule has 5 heteroatoms. The molecule has 0 spiro atoms. The van der Waals surface area contributed by atoms with Crippen LogP contribution < -0.4 is 10.5 Å². The molecule has 0 heterocycles. The van der Waals surface area contributed by atoms with E-state index >= 15 is 0 Å². The minimum atomic E-state index is -0.427. The molecule has 1 aromatic carbocycles. The summed E-state index contributed by atoms with van der Waals surface area (Å²) in [6.45, 7) is 0.346. The van der Waals surface area contributed by atoms with E-state index in [1.807, 2.05) is 24.3 Å². The highest BCUT2D eigenvalue weighted by Gasteiger charge is 2.29. The number of nitrogens with two attached hydrogens (primary N) is 1. The summed E-state index contributed by atoms with van der Waals surface area (Å²) < 4.78 is 5.58. The number of carbonyl (C=O) groups excluding carboxylic acids is 1. The summed E-state index contributed by atoms with van der Waals surface area (Å²) in [4.78, 5) is 13.8. The summed E-state index contributed by atoms with van der Waals surface area (Å²) in [6, 6.07) is 7.34. The van der Waals surface area contributed by atoms with Gasteiger partial charge in [0.15, 0.2) is 6.61 Å². The predicted octanol–water partition coefficient (Wildman–Crippen LogP) is 1.29. The largest absolute Gasteiger partial charge is 0.483 e. The van der Waals surface area contributed by atoms with E-state index in [1.54, 1.807) is 11.9 Å². The van der Waals surface area contributed by atoms with Gasteiger partial charge < -0.3 is 20.5 Å². The van der Waals surface area contributed by atoms with Crippen LogP contribution in [0.5, 0.6) is 5.75 Å². The lowest BCUT2D eigenvalue weighted by Gasteiger charge is -2.35. The number of ether oxygens (including phenoxy) is 1. The first kappa shape index (κ1) is 15.8. The van der Waals surface area contributed by atoms with Gasteiger partial charge in [-0.2, -0.15) is 0 Å². The molecule has 21 heavy (non-hydrogen) atoms. The second kappa shape index (κ2) is 7.43. The van der Waals surface area contributed by atoms with E-state index in [2.05, 4.69) is 0 Å². The van der Waals surface area contributed by atoms with Gasteiger partial charge in [-0.25, -0.2) is 0 Å². The van der Waals surface area contributed by atoms with Crippen LogP contribution in [0.2, 0.25) is 0 Å². The van der Waals surface area contributed by atoms with E-state index in [0.29, 0.717) is 12.3 Å². The van der Waals surface area contributed by atoms with Crippen LogP contribution in [0.25, 0.3) is 0 Å². The molecule has 2 unspecified atom stereocenters. The Kier molecular flexibility index (Phi) is 5.59. The number of amides is 1. The Morgan fingerprint density at radius 2 is 2.10 bits per heavy atom. The first-order chi connectivity index (χ1) is 10.1. The lowest BCUT2D eigenvalue weighted by atomic mass is 9.91. The number of benzene rings is 1. The monoisotopic (exact) mass is 292 g/mol. The summed E-state index contributed by atoms with van der Waals surface area (Å²) in [7, 11) is 1.74. The van der Waals surface area contributed by atoms with Crippen molar-refractivity contribution in [3.63, 3.8) is 0 Å². The van der Waals surface area contributed by atoms with E-state index in [4.69, 9.17) is 10.5 Å². The number of aliphatic hydroxyl groups is 1. The van der Waals surface area contributed by atoms with Crippen LogP contribution in [0.3, 0.4) is 0 Å². The maximum atomic E-state index is 12.2. The minimum absolute atomic E-state index is 0.0310. The Labute approximate surface area is 125 Å². The zero-order chi connectivity index (χ0) is 15.2. The van der Waals surface area contributed by atoms with Crippen LogP contribution in [0.4, 0.5) is 0 Å². The highest BCUT2D eigenvalue weighted by Crippen LogP contribution is 2.23. The Hall–Kier alpha value is -1.59. The number of hydrogen-bond donors (Lipinski definition) is 2. The van der Waals surface area contributed by atoms with Gasteiger partial charge >= 0.3 is 0 Å². The number of hydrogen-bond acceptors (Lipinski definition) is 4. The molecule has 0 saturated heterocycles. The van der Waals surface area contributed by atoms with Crippen LogP contribution >= 0.6 is 0 Å². The van der Waals surface area contributed by atoms with Gasteiger partial charge in [-0.15, -0.1) is 0 Å². The molecule has 2 atom stereocenters. The van der Waals surface area contributed by atoms with Crippen molar-refractivity contribution < 1.29 is 14.6 Å². The molecule has 0 aromatic heterocycles. The van der Waals surface area contributed by atoms with Gasteiger partial charge in [-0.05, 0) is 18.9 Å². The van der Waals surface area contributed by atoms with Crippen molar-refractivity contribution in [1.29, 1.82) is 0 Å². The topological polar surface area (TPSA) is 75.8 Å². The molecule has 1 aliphatic rings. The number of carbonyl (C=O) groups is 1. The molecule has 0 bridgehead atoms. The molecule has 3 N–H and O–H groups in total. The fourth-order valence-corrected chi connectivity index (χ4v) is 2.78. The molecular weight excluding hydrogens is 268 g/mol. The van der Waals surface area contributed by atoms with E-state index in [-0.39, 0.29) is 18.6 Å². The number of nitrogens with zero attached hydrogens (tertiary/aromatic N) is 1. The van der Waals surface area contributed by atoms with Gasteiger partial charge in [0.25, 0.3) is 5.91 Å². The first-order valence-electron chi connectivity index (χ1n) is 7.48. The number of likely N-dealkylation sites (N-methyl/N-ethyl adjacent to an activating group) is 1. The van der Waals surface area contributed by atoms with Crippen molar-refractivity contribution >= 4 is 5.91 Å². The van der Waals surface area contributed by atoms with Crippen LogP contribution in [0.15, 0.2) is 24.3 Å². The van der Waals surface area contributed by atoms with Crippen LogP contribution in [0.1, 0.15) is 31.2 Å². The third kappa shape index (κ3) is 3.95. The van der Waals surface area contributed by atoms with Crippen molar-refractivity contribution in [2.75, 3.05) is 13.7 Å². The van der Waals surface area contributed by atoms with Gasteiger partial charge in [0.1, 0.15) is 5.75 Å². The van der Waals surface area contributed by atoms with Crippen molar-refractivity contribution in [2.45, 2.75) is 44.4 Å². The molecule has 2 rings (SSSR count). The van der Waals surface area contributed by atoms with Crippen LogP contribution in [0, 0.1) is 0 Å². The molecule has 1 aromatic rings. The minimum Gasteiger partial charge on any atom is -0.483 e. The van der Waals surface area contributed by atoms with Crippen molar-refractivity contribution in [3.8, 4) is 5.75 Å². The predicted molar refractivity (Wildman–Crippen MR) is 80.9 cm³/mol. The van der Waals surface area contributed by atoms with E-state index in [1.165, 1.54) is 0 Å². The standard InChI is InChI=1S/C16H24N2O3/c1-18(13-7-3-4-8-14(13)19)16(20)11-21-15-9-5-2-6-12(15)10-17/h2,5-6,9,13-14,19H,3-4,7-8,10-11,17H2,1H3. The number of rotatable bonds is 5. The summed E-state index contributed by atoms with van der Waals surface area (Å²) >= 11 is 0. The van der Waals surface area contributed by atoms with Gasteiger partial charge in [0.2, 0.25) is 0 Å². The Balaban J connectivity index is 1.91. The van der Waals surface area contributed by atoms with E-state index in [0.717, 1.165) is 31.2 Å². The molecule has 1 aliphatic carbocycles. The molecule has 1 amide bonds. The average Bonchev–Trinajstić information content (AvgIpc) is 2.52. The Morgan fingerprint density at radius 3 is 2.81 bits per heavy atom.